The van der Waals surface area contributed by atoms with Crippen LogP contribution in [0.2, 0.25) is 0 Å². The van der Waals surface area contributed by atoms with E-state index < -0.39 is 30.3 Å². The van der Waals surface area contributed by atoms with E-state index in [9.17, 15) is 22.8 Å². The van der Waals surface area contributed by atoms with Crippen LogP contribution in [-0.2, 0) is 14.3 Å². The molecule has 0 aliphatic heterocycles. The Morgan fingerprint density at radius 3 is 2.20 bits per heavy atom. The number of hydrogen-bond donors (Lipinski definition) is 1. The molecule has 1 fully saturated rings. The molecule has 25 heavy (non-hydrogen) atoms. The summed E-state index contributed by atoms with van der Waals surface area (Å²) in [6.45, 7) is 0. The van der Waals surface area contributed by atoms with Crippen molar-refractivity contribution >= 4 is 18.0 Å². The number of carboxylic acid groups (broad SMARTS) is 1. The van der Waals surface area contributed by atoms with Crippen LogP contribution in [0.1, 0.15) is 31.2 Å². The number of ether oxygens (including phenoxy) is 2. The number of hydrogen-bond acceptors (Lipinski definition) is 4. The Labute approximate surface area is 142 Å². The lowest BCUT2D eigenvalue weighted by Gasteiger charge is -2.27. The first-order valence-corrected chi connectivity index (χ1v) is 7.70. The van der Waals surface area contributed by atoms with Crippen molar-refractivity contribution in [2.24, 2.45) is 5.92 Å². The number of halogens is 3. The van der Waals surface area contributed by atoms with Crippen LogP contribution in [0.25, 0.3) is 6.08 Å². The molecule has 1 saturated carbocycles. The largest absolute Gasteiger partial charge is 0.522 e. The molecule has 0 saturated heterocycles. The highest BCUT2D eigenvalue weighted by molar-refractivity contribution is 5.85. The predicted octanol–water partition coefficient (Wildman–Crippen LogP) is 3.79. The van der Waals surface area contributed by atoms with Gasteiger partial charge in [0.2, 0.25) is 0 Å². The van der Waals surface area contributed by atoms with Gasteiger partial charge in [-0.15, -0.1) is 13.2 Å². The number of benzene rings is 1. The van der Waals surface area contributed by atoms with Crippen molar-refractivity contribution in [2.45, 2.75) is 38.1 Å². The van der Waals surface area contributed by atoms with Crippen LogP contribution in [0.4, 0.5) is 13.2 Å². The summed E-state index contributed by atoms with van der Waals surface area (Å²) in [4.78, 5) is 22.5. The van der Waals surface area contributed by atoms with Crippen molar-refractivity contribution in [1.82, 2.24) is 0 Å². The van der Waals surface area contributed by atoms with Crippen LogP contribution < -0.4 is 4.74 Å². The van der Waals surface area contributed by atoms with Crippen molar-refractivity contribution in [2.75, 3.05) is 0 Å². The van der Waals surface area contributed by atoms with Gasteiger partial charge in [-0.2, -0.15) is 0 Å². The molecule has 0 bridgehead atoms. The monoisotopic (exact) mass is 358 g/mol. The molecule has 0 aromatic heterocycles. The highest BCUT2D eigenvalue weighted by Gasteiger charge is 2.36. The van der Waals surface area contributed by atoms with Gasteiger partial charge in [0.1, 0.15) is 5.75 Å². The van der Waals surface area contributed by atoms with Crippen LogP contribution in [-0.4, -0.2) is 29.5 Å². The third kappa shape index (κ3) is 6.58. The van der Waals surface area contributed by atoms with Gasteiger partial charge in [-0.3, -0.25) is 9.53 Å². The molecular weight excluding hydrogens is 341 g/mol. The number of rotatable bonds is 5. The summed E-state index contributed by atoms with van der Waals surface area (Å²) in [6, 6.07) is 6.24. The van der Waals surface area contributed by atoms with Crippen LogP contribution in [0.5, 0.6) is 5.75 Å². The van der Waals surface area contributed by atoms with Crippen LogP contribution >= 0.6 is 0 Å². The van der Waals surface area contributed by atoms with Crippen molar-refractivity contribution in [3.8, 4) is 5.75 Å². The molecule has 5 nitrogen and oxygen atoms in total. The fourth-order valence-corrected chi connectivity index (χ4v) is 2.62. The molecule has 1 aromatic carbocycles. The summed E-state index contributed by atoms with van der Waals surface area (Å²) in [5.74, 6) is -1.72. The van der Waals surface area contributed by atoms with E-state index in [4.69, 9.17) is 9.84 Å². The third-order valence-electron chi connectivity index (χ3n) is 3.82. The quantitative estimate of drug-likeness (QED) is 0.493. The van der Waals surface area contributed by atoms with Gasteiger partial charge in [-0.1, -0.05) is 12.1 Å². The standard InChI is InChI=1S/C17H17F3O5/c18-17(19,20)25-14-8-4-12(5-9-14)16(23)24-13-6-1-11(2-7-13)3-10-15(21)22/h1-3,6-7,10,12,14H,4-5,8-9H2,(H,21,22). The maximum Gasteiger partial charge on any atom is 0.522 e. The number of alkyl halides is 3. The van der Waals surface area contributed by atoms with E-state index in [2.05, 4.69) is 4.74 Å². The Hall–Kier alpha value is -2.35. The second-order valence-electron chi connectivity index (χ2n) is 5.70. The summed E-state index contributed by atoms with van der Waals surface area (Å²) < 4.78 is 45.7. The molecule has 2 rings (SSSR count). The van der Waals surface area contributed by atoms with E-state index in [0.717, 1.165) is 6.08 Å². The number of carbonyl (C=O) groups is 2. The molecule has 8 heteroatoms. The minimum absolute atomic E-state index is 0.151. The molecule has 0 radical (unpaired) electrons. The predicted molar refractivity (Wildman–Crippen MR) is 81.6 cm³/mol. The molecule has 0 spiro atoms. The Balaban J connectivity index is 1.83. The molecular formula is C17H17F3O5. The Morgan fingerprint density at radius 2 is 1.68 bits per heavy atom. The Kier molecular flexibility index (Phi) is 6.19. The fraction of sp³-hybridized carbons (Fsp3) is 0.412. The van der Waals surface area contributed by atoms with E-state index in [0.29, 0.717) is 11.3 Å². The Bertz CT molecular complexity index is 629. The molecule has 0 atom stereocenters. The maximum atomic E-state index is 12.2. The van der Waals surface area contributed by atoms with E-state index in [1.807, 2.05) is 0 Å². The number of carboxylic acids is 1. The lowest BCUT2D eigenvalue weighted by atomic mass is 9.87. The van der Waals surface area contributed by atoms with Crippen molar-refractivity contribution in [3.63, 3.8) is 0 Å². The summed E-state index contributed by atoms with van der Waals surface area (Å²) in [5, 5.41) is 8.55. The minimum Gasteiger partial charge on any atom is -0.478 e. The smallest absolute Gasteiger partial charge is 0.478 e. The lowest BCUT2D eigenvalue weighted by molar-refractivity contribution is -0.345. The second-order valence-corrected chi connectivity index (χ2v) is 5.70. The maximum absolute atomic E-state index is 12.2. The highest BCUT2D eigenvalue weighted by atomic mass is 19.4. The average molecular weight is 358 g/mol. The summed E-state index contributed by atoms with van der Waals surface area (Å²) >= 11 is 0. The van der Waals surface area contributed by atoms with Crippen molar-refractivity contribution in [3.05, 3.63) is 35.9 Å². The molecule has 1 aromatic rings. The molecule has 1 N–H and O–H groups in total. The van der Waals surface area contributed by atoms with E-state index in [-0.39, 0.29) is 25.7 Å². The van der Waals surface area contributed by atoms with Gasteiger partial charge < -0.3 is 9.84 Å². The summed E-state index contributed by atoms with van der Waals surface area (Å²) in [6.07, 6.45) is -2.33. The lowest BCUT2D eigenvalue weighted by Crippen LogP contribution is -2.32. The van der Waals surface area contributed by atoms with Gasteiger partial charge in [0.15, 0.2) is 0 Å². The van der Waals surface area contributed by atoms with Crippen LogP contribution in [0.3, 0.4) is 0 Å². The van der Waals surface area contributed by atoms with Gasteiger partial charge in [0.05, 0.1) is 12.0 Å². The number of aliphatic carboxylic acids is 1. The fourth-order valence-electron chi connectivity index (χ4n) is 2.62. The first-order chi connectivity index (χ1) is 11.7. The van der Waals surface area contributed by atoms with Gasteiger partial charge in [0.25, 0.3) is 0 Å². The van der Waals surface area contributed by atoms with Gasteiger partial charge in [-0.25, -0.2) is 4.79 Å². The van der Waals surface area contributed by atoms with Crippen molar-refractivity contribution < 1.29 is 37.3 Å². The van der Waals surface area contributed by atoms with E-state index in [1.54, 1.807) is 12.1 Å². The van der Waals surface area contributed by atoms with Gasteiger partial charge in [-0.05, 0) is 49.5 Å². The highest BCUT2D eigenvalue weighted by Crippen LogP contribution is 2.31. The first kappa shape index (κ1) is 19.0. The van der Waals surface area contributed by atoms with Crippen LogP contribution in [0.15, 0.2) is 30.3 Å². The zero-order chi connectivity index (χ0) is 18.4. The number of esters is 1. The molecule has 1 aliphatic rings. The molecule has 0 unspecified atom stereocenters. The van der Waals surface area contributed by atoms with Crippen molar-refractivity contribution in [1.29, 1.82) is 0 Å². The minimum atomic E-state index is -4.66. The third-order valence-corrected chi connectivity index (χ3v) is 3.82. The van der Waals surface area contributed by atoms with E-state index in [1.165, 1.54) is 18.2 Å². The Morgan fingerprint density at radius 1 is 1.08 bits per heavy atom. The summed E-state index contributed by atoms with van der Waals surface area (Å²) in [5.41, 5.74) is 0.631. The van der Waals surface area contributed by atoms with Crippen LogP contribution in [0, 0.1) is 5.92 Å². The molecule has 1 aliphatic carbocycles. The molecule has 0 heterocycles. The second kappa shape index (κ2) is 8.15. The number of carbonyl (C=O) groups excluding carboxylic acids is 1. The van der Waals surface area contributed by atoms with Gasteiger partial charge >= 0.3 is 18.3 Å². The average Bonchev–Trinajstić information content (AvgIpc) is 2.53. The van der Waals surface area contributed by atoms with E-state index >= 15 is 0 Å². The molecule has 136 valence electrons. The molecule has 0 amide bonds. The summed E-state index contributed by atoms with van der Waals surface area (Å²) in [7, 11) is 0. The zero-order valence-electron chi connectivity index (χ0n) is 13.2. The topological polar surface area (TPSA) is 72.8 Å². The van der Waals surface area contributed by atoms with Gasteiger partial charge in [0, 0.05) is 6.08 Å². The first-order valence-electron chi connectivity index (χ1n) is 7.70. The normalized spacial score (nSPS) is 21.2. The zero-order valence-corrected chi connectivity index (χ0v) is 13.2. The SMILES string of the molecule is O=C(O)C=Cc1ccc(OC(=O)C2CCC(OC(F)(F)F)CC2)cc1.